The number of nitrogens with zero attached hydrogens (tertiary/aromatic N) is 3. The number of carbonyl (C=O) groups is 1. The number of benzene rings is 1. The van der Waals surface area contributed by atoms with E-state index >= 15 is 0 Å². The molecule has 0 saturated heterocycles. The molecule has 1 aliphatic rings. The zero-order valence-electron chi connectivity index (χ0n) is 17.4. The molecule has 0 bridgehead atoms. The summed E-state index contributed by atoms with van der Waals surface area (Å²) in [7, 11) is 0. The van der Waals surface area contributed by atoms with E-state index in [2.05, 4.69) is 25.6 Å². The molecule has 1 fully saturated rings. The Balaban J connectivity index is 1.44. The summed E-state index contributed by atoms with van der Waals surface area (Å²) >= 11 is 1.65. The van der Waals surface area contributed by atoms with Crippen LogP contribution in [-0.4, -0.2) is 39.2 Å². The van der Waals surface area contributed by atoms with Gasteiger partial charge >= 0.3 is 0 Å². The molecule has 1 amide bonds. The number of pyridine rings is 1. The lowest BCUT2D eigenvalue weighted by Crippen LogP contribution is -2.49. The summed E-state index contributed by atoms with van der Waals surface area (Å²) in [6.07, 6.45) is 11.3. The molecule has 0 spiro atoms. The lowest BCUT2D eigenvalue weighted by atomic mass is 9.91. The zero-order valence-corrected chi connectivity index (χ0v) is 18.2. The van der Waals surface area contributed by atoms with Crippen LogP contribution in [0.2, 0.25) is 0 Å². The van der Waals surface area contributed by atoms with Crippen LogP contribution in [0.4, 0.5) is 11.5 Å². The van der Waals surface area contributed by atoms with Crippen molar-refractivity contribution < 1.29 is 4.79 Å². The van der Waals surface area contributed by atoms with Crippen molar-refractivity contribution in [3.05, 3.63) is 60.7 Å². The van der Waals surface area contributed by atoms with E-state index in [1.807, 2.05) is 36.7 Å². The molecule has 3 aromatic rings. The van der Waals surface area contributed by atoms with E-state index in [1.54, 1.807) is 30.1 Å². The Morgan fingerprint density at radius 2 is 1.94 bits per heavy atom. The van der Waals surface area contributed by atoms with E-state index in [9.17, 15) is 4.79 Å². The number of amides is 1. The molecular weight excluding hydrogens is 408 g/mol. The standard InChI is InChI=1S/C23H26N6OS/c1-31-21-10-11-25-13-17(21)20-12-22(27-14-26-20)28-16-8-6-15(7-9-16)23(30)29-19-5-3-2-4-18(19)24/h6-14,18-19H,2-5,24H2,1H3,(H,29,30)(H,26,27,28). The molecule has 1 aliphatic carbocycles. The quantitative estimate of drug-likeness (QED) is 0.504. The van der Waals surface area contributed by atoms with Crippen LogP contribution in [0.3, 0.4) is 0 Å². The van der Waals surface area contributed by atoms with Crippen LogP contribution < -0.4 is 16.4 Å². The number of hydrogen-bond acceptors (Lipinski definition) is 7. The van der Waals surface area contributed by atoms with Crippen molar-refractivity contribution >= 4 is 29.2 Å². The second-order valence-corrected chi connectivity index (χ2v) is 8.44. The first-order valence-corrected chi connectivity index (χ1v) is 11.6. The summed E-state index contributed by atoms with van der Waals surface area (Å²) in [6.45, 7) is 0. The number of rotatable bonds is 6. The van der Waals surface area contributed by atoms with Gasteiger partial charge in [0.2, 0.25) is 0 Å². The second kappa shape index (κ2) is 9.89. The van der Waals surface area contributed by atoms with Gasteiger partial charge in [-0.3, -0.25) is 9.78 Å². The molecule has 160 valence electrons. The topological polar surface area (TPSA) is 106 Å². The molecule has 0 aliphatic heterocycles. The van der Waals surface area contributed by atoms with Crippen LogP contribution in [0.25, 0.3) is 11.3 Å². The Bertz CT molecular complexity index is 1040. The van der Waals surface area contributed by atoms with Gasteiger partial charge < -0.3 is 16.4 Å². The summed E-state index contributed by atoms with van der Waals surface area (Å²) in [5.74, 6) is 0.589. The summed E-state index contributed by atoms with van der Waals surface area (Å²) in [6, 6.07) is 11.3. The fourth-order valence-corrected chi connectivity index (χ4v) is 4.34. The molecule has 7 nitrogen and oxygen atoms in total. The number of carbonyl (C=O) groups excluding carboxylic acids is 1. The Morgan fingerprint density at radius 3 is 2.71 bits per heavy atom. The average molecular weight is 435 g/mol. The lowest BCUT2D eigenvalue weighted by molar-refractivity contribution is 0.0921. The third-order valence-corrected chi connectivity index (χ3v) is 6.30. The average Bonchev–Trinajstić information content (AvgIpc) is 2.81. The van der Waals surface area contributed by atoms with Gasteiger partial charge in [-0.15, -0.1) is 11.8 Å². The van der Waals surface area contributed by atoms with Crippen molar-refractivity contribution in [3.8, 4) is 11.3 Å². The minimum atomic E-state index is -0.0839. The van der Waals surface area contributed by atoms with Gasteiger partial charge in [-0.05, 0) is 49.4 Å². The number of nitrogens with one attached hydrogen (secondary N) is 2. The fraction of sp³-hybridized carbons (Fsp3) is 0.304. The Labute approximate surface area is 186 Å². The van der Waals surface area contributed by atoms with Crippen molar-refractivity contribution in [2.75, 3.05) is 11.6 Å². The van der Waals surface area contributed by atoms with Crippen LogP contribution in [-0.2, 0) is 0 Å². The SMILES string of the molecule is CSc1ccncc1-c1cc(Nc2ccc(C(=O)NC3CCCCC3N)cc2)ncn1. The maximum Gasteiger partial charge on any atom is 0.251 e. The smallest absolute Gasteiger partial charge is 0.251 e. The van der Waals surface area contributed by atoms with Crippen LogP contribution in [0.5, 0.6) is 0 Å². The Kier molecular flexibility index (Phi) is 6.79. The maximum atomic E-state index is 12.6. The summed E-state index contributed by atoms with van der Waals surface area (Å²) in [4.78, 5) is 26.6. The highest BCUT2D eigenvalue weighted by Gasteiger charge is 2.23. The predicted octanol–water partition coefficient (Wildman–Crippen LogP) is 4.00. The Morgan fingerprint density at radius 1 is 1.13 bits per heavy atom. The van der Waals surface area contributed by atoms with Gasteiger partial charge in [-0.25, -0.2) is 9.97 Å². The highest BCUT2D eigenvalue weighted by atomic mass is 32.2. The molecule has 4 rings (SSSR count). The number of hydrogen-bond donors (Lipinski definition) is 3. The van der Waals surface area contributed by atoms with Gasteiger partial charge in [0.25, 0.3) is 5.91 Å². The summed E-state index contributed by atoms with van der Waals surface area (Å²) in [5.41, 5.74) is 9.37. The van der Waals surface area contributed by atoms with E-state index in [-0.39, 0.29) is 18.0 Å². The van der Waals surface area contributed by atoms with Crippen molar-refractivity contribution in [2.24, 2.45) is 5.73 Å². The molecule has 4 N–H and O–H groups in total. The zero-order chi connectivity index (χ0) is 21.6. The third kappa shape index (κ3) is 5.21. The number of nitrogens with two attached hydrogens (primary N) is 1. The Hall–Kier alpha value is -2.97. The number of aromatic nitrogens is 3. The molecule has 1 saturated carbocycles. The van der Waals surface area contributed by atoms with Gasteiger partial charge in [0.05, 0.1) is 5.69 Å². The number of anilines is 2. The van der Waals surface area contributed by atoms with Crippen molar-refractivity contribution in [3.63, 3.8) is 0 Å². The largest absolute Gasteiger partial charge is 0.348 e. The van der Waals surface area contributed by atoms with Gasteiger partial charge in [0.15, 0.2) is 0 Å². The molecule has 2 atom stereocenters. The second-order valence-electron chi connectivity index (χ2n) is 7.60. The summed E-state index contributed by atoms with van der Waals surface area (Å²) < 4.78 is 0. The fourth-order valence-electron chi connectivity index (χ4n) is 3.77. The van der Waals surface area contributed by atoms with Crippen molar-refractivity contribution in [1.82, 2.24) is 20.3 Å². The van der Waals surface area contributed by atoms with E-state index < -0.39 is 0 Å². The molecule has 8 heteroatoms. The molecule has 1 aromatic carbocycles. The van der Waals surface area contributed by atoms with E-state index in [0.717, 1.165) is 47.5 Å². The van der Waals surface area contributed by atoms with Gasteiger partial charge in [0.1, 0.15) is 12.1 Å². The van der Waals surface area contributed by atoms with Crippen LogP contribution in [0.15, 0.2) is 60.0 Å². The van der Waals surface area contributed by atoms with E-state index in [0.29, 0.717) is 11.4 Å². The molecule has 31 heavy (non-hydrogen) atoms. The van der Waals surface area contributed by atoms with Gasteiger partial charge in [-0.2, -0.15) is 0 Å². The monoisotopic (exact) mass is 434 g/mol. The first kappa shape index (κ1) is 21.3. The first-order valence-electron chi connectivity index (χ1n) is 10.4. The third-order valence-electron chi connectivity index (χ3n) is 5.50. The van der Waals surface area contributed by atoms with Crippen molar-refractivity contribution in [2.45, 2.75) is 42.7 Å². The van der Waals surface area contributed by atoms with E-state index in [1.165, 1.54) is 6.33 Å². The highest BCUT2D eigenvalue weighted by molar-refractivity contribution is 7.98. The summed E-state index contributed by atoms with van der Waals surface area (Å²) in [5, 5.41) is 6.35. The van der Waals surface area contributed by atoms with Crippen LogP contribution in [0.1, 0.15) is 36.0 Å². The molecule has 2 heterocycles. The molecule has 0 radical (unpaired) electrons. The molecular formula is C23H26N6OS. The minimum Gasteiger partial charge on any atom is -0.348 e. The highest BCUT2D eigenvalue weighted by Crippen LogP contribution is 2.29. The molecule has 2 aromatic heterocycles. The van der Waals surface area contributed by atoms with Gasteiger partial charge in [0, 0.05) is 52.3 Å². The maximum absolute atomic E-state index is 12.6. The van der Waals surface area contributed by atoms with Crippen LogP contribution >= 0.6 is 11.8 Å². The van der Waals surface area contributed by atoms with Crippen LogP contribution in [0, 0.1) is 0 Å². The van der Waals surface area contributed by atoms with E-state index in [4.69, 9.17) is 5.73 Å². The predicted molar refractivity (Wildman–Crippen MR) is 124 cm³/mol. The van der Waals surface area contributed by atoms with Gasteiger partial charge in [-0.1, -0.05) is 12.8 Å². The van der Waals surface area contributed by atoms with Crippen molar-refractivity contribution in [1.29, 1.82) is 0 Å². The minimum absolute atomic E-state index is 0.0389. The molecule has 2 unspecified atom stereocenters. The lowest BCUT2D eigenvalue weighted by Gasteiger charge is -2.29. The first-order chi connectivity index (χ1) is 15.1. The number of thioether (sulfide) groups is 1. The normalized spacial score (nSPS) is 18.4.